The summed E-state index contributed by atoms with van der Waals surface area (Å²) in [5.41, 5.74) is 0.941. The number of rotatable bonds is 6. The average Bonchev–Trinajstić information content (AvgIpc) is 2.49. The van der Waals surface area contributed by atoms with Crippen molar-refractivity contribution >= 4 is 24.8 Å². The highest BCUT2D eigenvalue weighted by Gasteiger charge is 2.25. The molecule has 3 nitrogen and oxygen atoms in total. The quantitative estimate of drug-likeness (QED) is 0.793. The Hall–Kier alpha value is -0.810. The minimum absolute atomic E-state index is 0. The zero-order valence-electron chi connectivity index (χ0n) is 12.9. The van der Waals surface area contributed by atoms with Crippen LogP contribution in [0.5, 0.6) is 5.75 Å². The first-order chi connectivity index (χ1) is 9.77. The average molecular weight is 351 g/mol. The summed E-state index contributed by atoms with van der Waals surface area (Å²) in [5.74, 6) is 0.0869. The lowest BCUT2D eigenvalue weighted by Gasteiger charge is -2.35. The van der Waals surface area contributed by atoms with Crippen LogP contribution in [0, 0.1) is 5.82 Å². The molecule has 0 aliphatic carbocycles. The Morgan fingerprint density at radius 2 is 2.05 bits per heavy atom. The normalized spacial score (nSPS) is 16.1. The van der Waals surface area contributed by atoms with Crippen LogP contribution in [0.4, 0.5) is 4.39 Å². The molecule has 1 aliphatic rings. The number of nitrogens with one attached hydrogen (secondary N) is 1. The maximum Gasteiger partial charge on any atom is 0.165 e. The summed E-state index contributed by atoms with van der Waals surface area (Å²) in [6.45, 7) is 7.69. The van der Waals surface area contributed by atoms with Gasteiger partial charge in [0.2, 0.25) is 0 Å². The fraction of sp³-hybridized carbons (Fsp3) is 0.500. The predicted octanol–water partition coefficient (Wildman–Crippen LogP) is 3.59. The number of ether oxygens (including phenoxy) is 1. The van der Waals surface area contributed by atoms with E-state index in [1.807, 2.05) is 12.1 Å². The first-order valence-electron chi connectivity index (χ1n) is 7.16. The number of halogens is 3. The van der Waals surface area contributed by atoms with E-state index < -0.39 is 0 Å². The van der Waals surface area contributed by atoms with Crippen molar-refractivity contribution in [2.45, 2.75) is 18.9 Å². The van der Waals surface area contributed by atoms with Crippen LogP contribution in [0.3, 0.4) is 0 Å². The smallest absolute Gasteiger partial charge is 0.165 e. The van der Waals surface area contributed by atoms with E-state index in [0.717, 1.165) is 44.6 Å². The minimum Gasteiger partial charge on any atom is -0.493 e. The SMILES string of the molecule is C=CCC[C@@H](c1cccc(F)c1OC)N1CCNCC1.Cl.Cl. The predicted molar refractivity (Wildman–Crippen MR) is 94.1 cm³/mol. The highest BCUT2D eigenvalue weighted by molar-refractivity contribution is 5.85. The molecule has 1 fully saturated rings. The number of hydrogen-bond acceptors (Lipinski definition) is 3. The molecule has 1 atom stereocenters. The van der Waals surface area contributed by atoms with Gasteiger partial charge in [-0.05, 0) is 18.9 Å². The molecule has 126 valence electrons. The van der Waals surface area contributed by atoms with Crippen LogP contribution in [-0.4, -0.2) is 38.2 Å². The lowest BCUT2D eigenvalue weighted by molar-refractivity contribution is 0.162. The summed E-state index contributed by atoms with van der Waals surface area (Å²) in [7, 11) is 1.53. The van der Waals surface area contributed by atoms with E-state index in [1.54, 1.807) is 6.07 Å². The molecule has 1 heterocycles. The summed E-state index contributed by atoms with van der Waals surface area (Å²) >= 11 is 0. The second-order valence-electron chi connectivity index (χ2n) is 5.03. The second kappa shape index (κ2) is 10.8. The van der Waals surface area contributed by atoms with Crippen LogP contribution >= 0.6 is 24.8 Å². The summed E-state index contributed by atoms with van der Waals surface area (Å²) in [5, 5.41) is 3.35. The van der Waals surface area contributed by atoms with Gasteiger partial charge in [0.15, 0.2) is 11.6 Å². The van der Waals surface area contributed by atoms with Gasteiger partial charge in [-0.25, -0.2) is 4.39 Å². The molecule has 2 rings (SSSR count). The maximum absolute atomic E-state index is 13.9. The molecular weight excluding hydrogens is 326 g/mol. The van der Waals surface area contributed by atoms with E-state index in [0.29, 0.717) is 5.75 Å². The Labute approximate surface area is 144 Å². The Morgan fingerprint density at radius 1 is 1.36 bits per heavy atom. The Balaban J connectivity index is 0.00000220. The largest absolute Gasteiger partial charge is 0.493 e. The van der Waals surface area contributed by atoms with E-state index in [1.165, 1.54) is 13.2 Å². The number of benzene rings is 1. The molecule has 0 aromatic heterocycles. The van der Waals surface area contributed by atoms with Crippen molar-refractivity contribution in [3.8, 4) is 5.75 Å². The van der Waals surface area contributed by atoms with E-state index in [9.17, 15) is 4.39 Å². The van der Waals surface area contributed by atoms with Gasteiger partial charge >= 0.3 is 0 Å². The standard InChI is InChI=1S/C16H23FN2O.2ClH/c1-3-4-8-15(19-11-9-18-10-12-19)13-6-5-7-14(17)16(13)20-2;;/h3,5-7,15,18H,1,4,8-12H2,2H3;2*1H/t15-;;/m0../s1. The van der Waals surface area contributed by atoms with Crippen molar-refractivity contribution in [2.75, 3.05) is 33.3 Å². The van der Waals surface area contributed by atoms with Crippen molar-refractivity contribution in [1.82, 2.24) is 10.2 Å². The minimum atomic E-state index is -0.288. The monoisotopic (exact) mass is 350 g/mol. The lowest BCUT2D eigenvalue weighted by atomic mass is 9.98. The van der Waals surface area contributed by atoms with Gasteiger partial charge < -0.3 is 10.1 Å². The van der Waals surface area contributed by atoms with Crippen molar-refractivity contribution in [3.63, 3.8) is 0 Å². The number of piperazine rings is 1. The first-order valence-corrected chi connectivity index (χ1v) is 7.16. The van der Waals surface area contributed by atoms with E-state index in [4.69, 9.17) is 4.74 Å². The third kappa shape index (κ3) is 5.13. The van der Waals surface area contributed by atoms with Gasteiger partial charge in [-0.2, -0.15) is 0 Å². The van der Waals surface area contributed by atoms with E-state index >= 15 is 0 Å². The van der Waals surface area contributed by atoms with Gasteiger partial charge in [-0.3, -0.25) is 4.90 Å². The summed E-state index contributed by atoms with van der Waals surface area (Å²) in [6.07, 6.45) is 3.76. The summed E-state index contributed by atoms with van der Waals surface area (Å²) in [6, 6.07) is 5.36. The van der Waals surface area contributed by atoms with Gasteiger partial charge in [0.1, 0.15) is 0 Å². The molecule has 0 spiro atoms. The van der Waals surface area contributed by atoms with Crippen LogP contribution in [0.25, 0.3) is 0 Å². The molecule has 0 bridgehead atoms. The maximum atomic E-state index is 13.9. The van der Waals surface area contributed by atoms with Crippen LogP contribution in [0.2, 0.25) is 0 Å². The molecule has 0 unspecified atom stereocenters. The van der Waals surface area contributed by atoms with Crippen molar-refractivity contribution in [2.24, 2.45) is 0 Å². The molecule has 1 aromatic carbocycles. The third-order valence-corrected chi connectivity index (χ3v) is 3.80. The number of allylic oxidation sites excluding steroid dienone is 1. The molecule has 1 aliphatic heterocycles. The Morgan fingerprint density at radius 3 is 2.64 bits per heavy atom. The van der Waals surface area contributed by atoms with Crippen LogP contribution < -0.4 is 10.1 Å². The molecule has 1 aromatic rings. The highest BCUT2D eigenvalue weighted by Crippen LogP contribution is 2.34. The number of methoxy groups -OCH3 is 1. The van der Waals surface area contributed by atoms with Gasteiger partial charge in [0, 0.05) is 37.8 Å². The van der Waals surface area contributed by atoms with Crippen LogP contribution in [-0.2, 0) is 0 Å². The number of para-hydroxylation sites is 1. The zero-order valence-corrected chi connectivity index (χ0v) is 14.5. The van der Waals surface area contributed by atoms with Gasteiger partial charge in [-0.1, -0.05) is 18.2 Å². The molecule has 1 saturated heterocycles. The second-order valence-corrected chi connectivity index (χ2v) is 5.03. The van der Waals surface area contributed by atoms with Crippen molar-refractivity contribution < 1.29 is 9.13 Å². The number of hydrogen-bond donors (Lipinski definition) is 1. The fourth-order valence-corrected chi connectivity index (χ4v) is 2.81. The lowest BCUT2D eigenvalue weighted by Crippen LogP contribution is -2.45. The Bertz CT molecular complexity index is 454. The van der Waals surface area contributed by atoms with Gasteiger partial charge in [0.25, 0.3) is 0 Å². The van der Waals surface area contributed by atoms with Gasteiger partial charge in [0.05, 0.1) is 7.11 Å². The molecule has 1 N–H and O–H groups in total. The molecule has 0 amide bonds. The summed E-state index contributed by atoms with van der Waals surface area (Å²) < 4.78 is 19.2. The van der Waals surface area contributed by atoms with E-state index in [-0.39, 0.29) is 36.7 Å². The summed E-state index contributed by atoms with van der Waals surface area (Å²) in [4.78, 5) is 2.40. The molecule has 6 heteroatoms. The van der Waals surface area contributed by atoms with Crippen molar-refractivity contribution in [1.29, 1.82) is 0 Å². The topological polar surface area (TPSA) is 24.5 Å². The van der Waals surface area contributed by atoms with Crippen molar-refractivity contribution in [3.05, 3.63) is 42.2 Å². The first kappa shape index (κ1) is 21.2. The fourth-order valence-electron chi connectivity index (χ4n) is 2.81. The zero-order chi connectivity index (χ0) is 14.4. The highest BCUT2D eigenvalue weighted by atomic mass is 35.5. The van der Waals surface area contributed by atoms with Gasteiger partial charge in [-0.15, -0.1) is 31.4 Å². The Kier molecular flexibility index (Phi) is 10.4. The van der Waals surface area contributed by atoms with Crippen LogP contribution in [0.1, 0.15) is 24.4 Å². The molecule has 0 radical (unpaired) electrons. The van der Waals surface area contributed by atoms with E-state index in [2.05, 4.69) is 16.8 Å². The molecule has 0 saturated carbocycles. The molecular formula is C16H25Cl2FN2O. The van der Waals surface area contributed by atoms with Crippen LogP contribution in [0.15, 0.2) is 30.9 Å². The third-order valence-electron chi connectivity index (χ3n) is 3.80. The number of nitrogens with zero attached hydrogens (tertiary/aromatic N) is 1. The molecule has 22 heavy (non-hydrogen) atoms.